The first-order chi connectivity index (χ1) is 15.1. The third kappa shape index (κ3) is 4.80. The molecule has 4 aromatic heterocycles. The van der Waals surface area contributed by atoms with Gasteiger partial charge in [0.1, 0.15) is 23.5 Å². The summed E-state index contributed by atoms with van der Waals surface area (Å²) in [5.41, 5.74) is 4.40. The quantitative estimate of drug-likeness (QED) is 0.462. The van der Waals surface area contributed by atoms with E-state index in [4.69, 9.17) is 0 Å². The number of hydrogen-bond donors (Lipinski definition) is 2. The molecular formula is C22H24N8OS. The fourth-order valence-electron chi connectivity index (χ4n) is 3.29. The zero-order valence-electron chi connectivity index (χ0n) is 18.0. The molecule has 0 unspecified atom stereocenters. The number of hydrogen-bond acceptors (Lipinski definition) is 8. The van der Waals surface area contributed by atoms with Crippen molar-refractivity contribution in [2.24, 2.45) is 0 Å². The number of anilines is 1. The zero-order valence-corrected chi connectivity index (χ0v) is 19.0. The molecule has 164 valence electrons. The van der Waals surface area contributed by atoms with Crippen molar-refractivity contribution in [2.45, 2.75) is 19.8 Å². The summed E-state index contributed by atoms with van der Waals surface area (Å²) >= 11 is 0. The fraction of sp³-hybridized carbons (Fsp3) is 0.227. The molecule has 0 bridgehead atoms. The van der Waals surface area contributed by atoms with Crippen LogP contribution in [0.3, 0.4) is 0 Å². The Hall–Kier alpha value is -3.66. The minimum absolute atomic E-state index is 0. The topological polar surface area (TPSA) is 118 Å². The molecule has 0 aliphatic heterocycles. The van der Waals surface area contributed by atoms with Gasteiger partial charge < -0.3 is 10.6 Å². The maximum atomic E-state index is 12.2. The second-order valence-corrected chi connectivity index (χ2v) is 7.12. The van der Waals surface area contributed by atoms with Gasteiger partial charge in [0.15, 0.2) is 0 Å². The van der Waals surface area contributed by atoms with E-state index in [1.54, 1.807) is 37.9 Å². The molecular weight excluding hydrogens is 424 g/mol. The van der Waals surface area contributed by atoms with E-state index >= 15 is 0 Å². The average Bonchev–Trinajstić information content (AvgIpc) is 2.82. The molecule has 0 saturated carbocycles. The third-order valence-corrected chi connectivity index (χ3v) is 4.99. The summed E-state index contributed by atoms with van der Waals surface area (Å²) in [7, 11) is 1.60. The minimum Gasteiger partial charge on any atom is -0.369 e. The van der Waals surface area contributed by atoms with E-state index in [2.05, 4.69) is 47.5 Å². The van der Waals surface area contributed by atoms with Crippen molar-refractivity contribution in [1.29, 1.82) is 0 Å². The molecule has 2 N–H and O–H groups in total. The lowest BCUT2D eigenvalue weighted by Crippen LogP contribution is -2.19. The molecule has 4 rings (SSSR count). The van der Waals surface area contributed by atoms with Crippen LogP contribution in [0.25, 0.3) is 22.3 Å². The predicted octanol–water partition coefficient (Wildman–Crippen LogP) is 2.87. The maximum absolute atomic E-state index is 12.2. The van der Waals surface area contributed by atoms with E-state index in [0.29, 0.717) is 29.3 Å². The number of carbonyl (C=O) groups excluding carboxylic acids is 1. The Morgan fingerprint density at radius 2 is 1.72 bits per heavy atom. The largest absolute Gasteiger partial charge is 0.369 e. The van der Waals surface area contributed by atoms with Crippen LogP contribution in [0.5, 0.6) is 0 Å². The third-order valence-electron chi connectivity index (χ3n) is 4.99. The Bertz CT molecular complexity index is 1230. The molecule has 0 fully saturated rings. The van der Waals surface area contributed by atoms with Crippen LogP contribution in [0, 0.1) is 6.92 Å². The molecule has 0 radical (unpaired) electrons. The van der Waals surface area contributed by atoms with Crippen LogP contribution in [-0.2, 0) is 0 Å². The number of fused-ring (bicyclic) bond motifs is 1. The SMILES string of the molecule is CNC(=O)c1ccnc2c([C@H](C)CNc3cc(-c4cnc(C)nc4)ncn3)ccnc12.S. The summed E-state index contributed by atoms with van der Waals surface area (Å²) in [6, 6.07) is 5.48. The molecule has 0 aliphatic rings. The highest BCUT2D eigenvalue weighted by Gasteiger charge is 2.16. The van der Waals surface area contributed by atoms with Gasteiger partial charge in [0.2, 0.25) is 0 Å². The molecule has 9 nitrogen and oxygen atoms in total. The lowest BCUT2D eigenvalue weighted by Gasteiger charge is -2.16. The second kappa shape index (κ2) is 10.1. The molecule has 0 aromatic carbocycles. The molecule has 4 aromatic rings. The van der Waals surface area contributed by atoms with Crippen molar-refractivity contribution in [3.63, 3.8) is 0 Å². The standard InChI is InChI=1S/C22H22N8O.H2S/c1-13(16-4-6-25-21-17(22(31)23-3)5-7-24-20(16)21)9-28-19-8-18(29-12-30-19)15-10-26-14(2)27-11-15;/h4-8,10-13H,9H2,1-3H3,(H,23,31)(H,28,29,30);1H2/t13-;/m1./s1. The lowest BCUT2D eigenvalue weighted by molar-refractivity contribution is 0.0964. The Kier molecular flexibility index (Phi) is 7.26. The predicted molar refractivity (Wildman–Crippen MR) is 128 cm³/mol. The first kappa shape index (κ1) is 23.0. The van der Waals surface area contributed by atoms with Crippen molar-refractivity contribution in [2.75, 3.05) is 18.9 Å². The number of pyridine rings is 2. The number of carbonyl (C=O) groups is 1. The number of aromatic nitrogens is 6. The number of nitrogens with one attached hydrogen (secondary N) is 2. The first-order valence-corrected chi connectivity index (χ1v) is 9.87. The summed E-state index contributed by atoms with van der Waals surface area (Å²) < 4.78 is 0. The molecule has 10 heteroatoms. The van der Waals surface area contributed by atoms with E-state index in [0.717, 1.165) is 22.3 Å². The number of nitrogens with zero attached hydrogens (tertiary/aromatic N) is 6. The molecule has 4 heterocycles. The monoisotopic (exact) mass is 448 g/mol. The van der Waals surface area contributed by atoms with Crippen LogP contribution >= 0.6 is 13.5 Å². The van der Waals surface area contributed by atoms with Crippen molar-refractivity contribution in [3.05, 3.63) is 66.3 Å². The van der Waals surface area contributed by atoms with Crippen LogP contribution in [0.15, 0.2) is 49.3 Å². The van der Waals surface area contributed by atoms with Crippen LogP contribution in [0.4, 0.5) is 5.82 Å². The lowest BCUT2D eigenvalue weighted by atomic mass is 9.99. The van der Waals surface area contributed by atoms with Crippen LogP contribution < -0.4 is 10.6 Å². The maximum Gasteiger partial charge on any atom is 0.253 e. The first-order valence-electron chi connectivity index (χ1n) is 9.87. The number of rotatable bonds is 6. The summed E-state index contributed by atoms with van der Waals surface area (Å²) in [5.74, 6) is 1.33. The highest BCUT2D eigenvalue weighted by molar-refractivity contribution is 7.59. The number of aryl methyl sites for hydroxylation is 1. The molecule has 32 heavy (non-hydrogen) atoms. The summed E-state index contributed by atoms with van der Waals surface area (Å²) in [5, 5.41) is 6.01. The zero-order chi connectivity index (χ0) is 21.8. The van der Waals surface area contributed by atoms with Crippen molar-refractivity contribution in [3.8, 4) is 11.3 Å². The van der Waals surface area contributed by atoms with E-state index < -0.39 is 0 Å². The highest BCUT2D eigenvalue weighted by Crippen LogP contribution is 2.25. The van der Waals surface area contributed by atoms with Gasteiger partial charge in [-0.05, 0) is 24.6 Å². The minimum atomic E-state index is -0.184. The van der Waals surface area contributed by atoms with E-state index in [9.17, 15) is 4.79 Å². The van der Waals surface area contributed by atoms with Gasteiger partial charge >= 0.3 is 0 Å². The van der Waals surface area contributed by atoms with E-state index in [1.807, 2.05) is 19.1 Å². The highest BCUT2D eigenvalue weighted by atomic mass is 32.1. The Morgan fingerprint density at radius 3 is 2.47 bits per heavy atom. The molecule has 1 atom stereocenters. The van der Waals surface area contributed by atoms with Gasteiger partial charge in [-0.25, -0.2) is 19.9 Å². The van der Waals surface area contributed by atoms with Gasteiger partial charge in [0, 0.05) is 55.9 Å². The van der Waals surface area contributed by atoms with E-state index in [-0.39, 0.29) is 25.3 Å². The Balaban J connectivity index is 0.00000289. The molecule has 0 spiro atoms. The van der Waals surface area contributed by atoms with Crippen LogP contribution in [0.2, 0.25) is 0 Å². The van der Waals surface area contributed by atoms with Crippen molar-refractivity contribution >= 4 is 36.3 Å². The van der Waals surface area contributed by atoms with Crippen LogP contribution in [0.1, 0.15) is 34.6 Å². The normalized spacial score (nSPS) is 11.5. The second-order valence-electron chi connectivity index (χ2n) is 7.12. The fourth-order valence-corrected chi connectivity index (χ4v) is 3.29. The molecule has 0 saturated heterocycles. The molecule has 0 aliphatic carbocycles. The van der Waals surface area contributed by atoms with Gasteiger partial charge in [0.25, 0.3) is 5.91 Å². The summed E-state index contributed by atoms with van der Waals surface area (Å²) in [6.07, 6.45) is 8.36. The van der Waals surface area contributed by atoms with Crippen LogP contribution in [-0.4, -0.2) is 49.4 Å². The van der Waals surface area contributed by atoms with Gasteiger partial charge in [-0.3, -0.25) is 14.8 Å². The van der Waals surface area contributed by atoms with E-state index in [1.165, 1.54) is 6.33 Å². The average molecular weight is 449 g/mol. The summed E-state index contributed by atoms with van der Waals surface area (Å²) in [4.78, 5) is 38.1. The summed E-state index contributed by atoms with van der Waals surface area (Å²) in [6.45, 7) is 4.55. The van der Waals surface area contributed by atoms with Crippen molar-refractivity contribution < 1.29 is 4.79 Å². The van der Waals surface area contributed by atoms with Gasteiger partial charge in [-0.2, -0.15) is 13.5 Å². The number of amides is 1. The smallest absolute Gasteiger partial charge is 0.253 e. The van der Waals surface area contributed by atoms with Gasteiger partial charge in [0.05, 0.1) is 16.8 Å². The Morgan fingerprint density at radius 1 is 1.00 bits per heavy atom. The Labute approximate surface area is 192 Å². The molecule has 1 amide bonds. The van der Waals surface area contributed by atoms with Crippen molar-refractivity contribution in [1.82, 2.24) is 35.2 Å². The van der Waals surface area contributed by atoms with Gasteiger partial charge in [-0.15, -0.1) is 0 Å². The van der Waals surface area contributed by atoms with Gasteiger partial charge in [-0.1, -0.05) is 6.92 Å².